The standard InChI is InChI=1S/C38H45NO12S/c1-8-47-33(40)36-24-31(27-19-22-29(45-6)30(23-27)46-7)51-38(36,50-11-4)37(34(41)48-9-2,35(42)49-10-3)39(32(36)26-15-13-12-14-16-26)52(43,44)28-20-17-25(5)18-21-28/h12-23,31-32H,8-11,24H2,1-7H3/t31-,32-,36+,38+/m1/s1. The topological polar surface area (TPSA) is 153 Å². The highest BCUT2D eigenvalue weighted by atomic mass is 32.2. The van der Waals surface area contributed by atoms with Crippen molar-refractivity contribution in [2.24, 2.45) is 5.41 Å². The molecule has 3 aromatic carbocycles. The number of carbonyl (C=O) groups excluding carboxylic acids is 3. The second-order valence-corrected chi connectivity index (χ2v) is 14.1. The Morgan fingerprint density at radius 1 is 0.750 bits per heavy atom. The molecular formula is C38H45NO12S. The van der Waals surface area contributed by atoms with Gasteiger partial charge in [-0.1, -0.05) is 54.1 Å². The summed E-state index contributed by atoms with van der Waals surface area (Å²) in [6.07, 6.45) is -1.42. The summed E-state index contributed by atoms with van der Waals surface area (Å²) in [6, 6.07) is 17.4. The Balaban J connectivity index is 2.01. The molecule has 0 aliphatic carbocycles. The van der Waals surface area contributed by atoms with Gasteiger partial charge in [0.05, 0.1) is 51.1 Å². The van der Waals surface area contributed by atoms with E-state index in [0.29, 0.717) is 21.4 Å². The molecule has 0 aromatic heterocycles. The van der Waals surface area contributed by atoms with Crippen LogP contribution in [0.4, 0.5) is 0 Å². The van der Waals surface area contributed by atoms with Crippen LogP contribution in [0.5, 0.6) is 11.5 Å². The van der Waals surface area contributed by atoms with Crippen LogP contribution in [0.3, 0.4) is 0 Å². The van der Waals surface area contributed by atoms with Gasteiger partial charge in [-0.25, -0.2) is 18.0 Å². The zero-order chi connectivity index (χ0) is 37.9. The molecule has 2 heterocycles. The summed E-state index contributed by atoms with van der Waals surface area (Å²) in [5.41, 5.74) is -3.88. The SMILES string of the molecule is CCOC(=O)C1(C(=O)OCC)N(S(=O)(=O)c2ccc(C)cc2)[C@H](c2ccccc2)[C@]2(C(=O)OCC)C[C@H](c3ccc(OC)c(OC)c3)O[C@]12OCC. The lowest BCUT2D eigenvalue weighted by atomic mass is 9.67. The quantitative estimate of drug-likeness (QED) is 0.123. The maximum absolute atomic E-state index is 15.4. The van der Waals surface area contributed by atoms with Gasteiger partial charge in [-0.05, 0) is 70.0 Å². The molecule has 0 bridgehead atoms. The van der Waals surface area contributed by atoms with Crippen molar-refractivity contribution in [3.63, 3.8) is 0 Å². The van der Waals surface area contributed by atoms with Crippen molar-refractivity contribution in [2.45, 2.75) is 69.4 Å². The Morgan fingerprint density at radius 3 is 1.87 bits per heavy atom. The van der Waals surface area contributed by atoms with E-state index in [4.69, 9.17) is 33.2 Å². The first-order chi connectivity index (χ1) is 24.9. The van der Waals surface area contributed by atoms with Gasteiger partial charge in [0, 0.05) is 13.0 Å². The molecule has 13 nitrogen and oxygen atoms in total. The molecule has 52 heavy (non-hydrogen) atoms. The second kappa shape index (κ2) is 15.2. The van der Waals surface area contributed by atoms with Crippen LogP contribution >= 0.6 is 0 Å². The molecule has 2 saturated heterocycles. The minimum Gasteiger partial charge on any atom is -0.493 e. The number of aryl methyl sites for hydroxylation is 1. The van der Waals surface area contributed by atoms with E-state index >= 15 is 13.2 Å². The number of rotatable bonds is 14. The fraction of sp³-hybridized carbons (Fsp3) is 0.447. The van der Waals surface area contributed by atoms with Crippen LogP contribution < -0.4 is 9.47 Å². The second-order valence-electron chi connectivity index (χ2n) is 12.2. The molecule has 0 unspecified atom stereocenters. The number of benzene rings is 3. The number of methoxy groups -OCH3 is 2. The van der Waals surface area contributed by atoms with Gasteiger partial charge < -0.3 is 33.2 Å². The normalized spacial score (nSPS) is 23.8. The Labute approximate surface area is 304 Å². The molecule has 2 fully saturated rings. The molecule has 14 heteroatoms. The summed E-state index contributed by atoms with van der Waals surface area (Å²) >= 11 is 0. The zero-order valence-electron chi connectivity index (χ0n) is 30.4. The van der Waals surface area contributed by atoms with Crippen LogP contribution in [0.2, 0.25) is 0 Å². The maximum Gasteiger partial charge on any atom is 0.345 e. The Bertz CT molecular complexity index is 1870. The first kappa shape index (κ1) is 38.7. The van der Waals surface area contributed by atoms with E-state index in [1.165, 1.54) is 40.2 Å². The fourth-order valence-corrected chi connectivity index (χ4v) is 9.43. The van der Waals surface area contributed by atoms with Gasteiger partial charge >= 0.3 is 17.9 Å². The molecule has 2 aliphatic rings. The van der Waals surface area contributed by atoms with E-state index in [-0.39, 0.29) is 43.3 Å². The van der Waals surface area contributed by atoms with Gasteiger partial charge in [-0.2, -0.15) is 4.31 Å². The molecule has 5 rings (SSSR count). The van der Waals surface area contributed by atoms with Crippen molar-refractivity contribution in [3.05, 3.63) is 89.5 Å². The minimum absolute atomic E-state index is 0.137. The lowest BCUT2D eigenvalue weighted by Crippen LogP contribution is -2.73. The number of carbonyl (C=O) groups is 3. The highest BCUT2D eigenvalue weighted by molar-refractivity contribution is 7.89. The molecule has 0 radical (unpaired) electrons. The molecule has 0 amide bonds. The first-order valence-corrected chi connectivity index (χ1v) is 18.6. The molecule has 0 spiro atoms. The number of nitrogens with zero attached hydrogens (tertiary/aromatic N) is 1. The predicted molar refractivity (Wildman–Crippen MR) is 187 cm³/mol. The third-order valence-electron chi connectivity index (χ3n) is 9.51. The highest BCUT2D eigenvalue weighted by Crippen LogP contribution is 2.72. The van der Waals surface area contributed by atoms with E-state index in [1.54, 1.807) is 81.4 Å². The minimum atomic E-state index is -4.95. The van der Waals surface area contributed by atoms with Crippen LogP contribution in [0, 0.1) is 12.3 Å². The monoisotopic (exact) mass is 739 g/mol. The van der Waals surface area contributed by atoms with Crippen LogP contribution in [0.15, 0.2) is 77.7 Å². The van der Waals surface area contributed by atoms with E-state index in [0.717, 1.165) is 5.56 Å². The highest BCUT2D eigenvalue weighted by Gasteiger charge is 2.92. The number of fused-ring (bicyclic) bond motifs is 1. The molecule has 0 N–H and O–H groups in total. The van der Waals surface area contributed by atoms with Crippen LogP contribution in [-0.4, -0.2) is 82.6 Å². The molecule has 0 saturated carbocycles. The lowest BCUT2D eigenvalue weighted by Gasteiger charge is -2.44. The van der Waals surface area contributed by atoms with Crippen molar-refractivity contribution in [1.82, 2.24) is 4.31 Å². The summed E-state index contributed by atoms with van der Waals surface area (Å²) in [4.78, 5) is 44.8. The first-order valence-electron chi connectivity index (χ1n) is 17.1. The van der Waals surface area contributed by atoms with Crippen LogP contribution in [-0.2, 0) is 48.1 Å². The van der Waals surface area contributed by atoms with Gasteiger partial charge in [0.15, 0.2) is 11.5 Å². The van der Waals surface area contributed by atoms with Crippen molar-refractivity contribution in [2.75, 3.05) is 40.6 Å². The fourth-order valence-electron chi connectivity index (χ4n) is 7.51. The van der Waals surface area contributed by atoms with Crippen molar-refractivity contribution >= 4 is 27.9 Å². The van der Waals surface area contributed by atoms with Crippen LogP contribution in [0.1, 0.15) is 63.0 Å². The van der Waals surface area contributed by atoms with Crippen molar-refractivity contribution in [1.29, 1.82) is 0 Å². The van der Waals surface area contributed by atoms with Gasteiger partial charge in [0.25, 0.3) is 5.54 Å². The van der Waals surface area contributed by atoms with E-state index in [9.17, 15) is 9.59 Å². The van der Waals surface area contributed by atoms with E-state index < -0.39 is 56.8 Å². The molecule has 280 valence electrons. The zero-order valence-corrected chi connectivity index (χ0v) is 31.2. The summed E-state index contributed by atoms with van der Waals surface area (Å²) in [5.74, 6) is -5.64. The summed E-state index contributed by atoms with van der Waals surface area (Å²) in [7, 11) is -2.01. The number of ether oxygens (including phenoxy) is 7. The van der Waals surface area contributed by atoms with Gasteiger partial charge in [-0.3, -0.25) is 4.79 Å². The smallest absolute Gasteiger partial charge is 0.345 e. The molecule has 4 atom stereocenters. The van der Waals surface area contributed by atoms with E-state index in [2.05, 4.69) is 0 Å². The summed E-state index contributed by atoms with van der Waals surface area (Å²) in [5, 5.41) is 0. The maximum atomic E-state index is 15.4. The van der Waals surface area contributed by atoms with Gasteiger partial charge in [0.1, 0.15) is 5.41 Å². The summed E-state index contributed by atoms with van der Waals surface area (Å²) < 4.78 is 73.0. The average Bonchev–Trinajstić information content (AvgIpc) is 3.59. The largest absolute Gasteiger partial charge is 0.493 e. The lowest BCUT2D eigenvalue weighted by molar-refractivity contribution is -0.290. The predicted octanol–water partition coefficient (Wildman–Crippen LogP) is 5.07. The average molecular weight is 740 g/mol. The van der Waals surface area contributed by atoms with Crippen molar-refractivity contribution < 1.29 is 56.0 Å². The van der Waals surface area contributed by atoms with Crippen molar-refractivity contribution in [3.8, 4) is 11.5 Å². The number of hydrogen-bond donors (Lipinski definition) is 0. The molecule has 2 aliphatic heterocycles. The van der Waals surface area contributed by atoms with E-state index in [1.807, 2.05) is 0 Å². The molecular weight excluding hydrogens is 694 g/mol. The van der Waals surface area contributed by atoms with Gasteiger partial charge in [-0.15, -0.1) is 0 Å². The third kappa shape index (κ3) is 5.72. The van der Waals surface area contributed by atoms with Crippen LogP contribution in [0.25, 0.3) is 0 Å². The number of hydrogen-bond acceptors (Lipinski definition) is 12. The Hall–Kier alpha value is -4.50. The number of sulfonamides is 1. The number of esters is 3. The summed E-state index contributed by atoms with van der Waals surface area (Å²) in [6.45, 7) is 7.03. The third-order valence-corrected chi connectivity index (χ3v) is 11.4. The Kier molecular flexibility index (Phi) is 11.3. The molecule has 3 aromatic rings. The van der Waals surface area contributed by atoms with Gasteiger partial charge in [0.2, 0.25) is 15.8 Å². The Morgan fingerprint density at radius 2 is 1.33 bits per heavy atom.